The number of piperidine rings is 1. The number of hydrogen-bond acceptors (Lipinski definition) is 5. The predicted octanol–water partition coefficient (Wildman–Crippen LogP) is 6.24. The van der Waals surface area contributed by atoms with Crippen LogP contribution in [0.25, 0.3) is 21.7 Å². The number of thiazole rings is 1. The van der Waals surface area contributed by atoms with E-state index in [1.54, 1.807) is 6.07 Å². The normalized spacial score (nSPS) is 15.0. The Labute approximate surface area is 189 Å². The van der Waals surface area contributed by atoms with Crippen LogP contribution in [0.1, 0.15) is 46.3 Å². The Morgan fingerprint density at radius 1 is 1.13 bits per heavy atom. The summed E-state index contributed by atoms with van der Waals surface area (Å²) in [6.45, 7) is 5.49. The molecule has 0 N–H and O–H groups in total. The van der Waals surface area contributed by atoms with Gasteiger partial charge < -0.3 is 9.32 Å². The number of carbonyl (C=O) groups excluding carboxylic acids is 1. The summed E-state index contributed by atoms with van der Waals surface area (Å²) < 4.78 is 5.93. The second kappa shape index (κ2) is 8.09. The number of likely N-dealkylation sites (tertiary alicyclic amines) is 1. The van der Waals surface area contributed by atoms with Crippen LogP contribution in [0.3, 0.4) is 0 Å². The lowest BCUT2D eigenvalue weighted by Crippen LogP contribution is -2.38. The molecule has 0 unspecified atom stereocenters. The molecule has 5 rings (SSSR count). The minimum Gasteiger partial charge on any atom is -0.440 e. The minimum atomic E-state index is -0.00457. The van der Waals surface area contributed by atoms with Crippen LogP contribution in [0, 0.1) is 13.8 Å². The van der Waals surface area contributed by atoms with Crippen molar-refractivity contribution in [1.82, 2.24) is 14.9 Å². The summed E-state index contributed by atoms with van der Waals surface area (Å²) in [5, 5.41) is 3.41. The van der Waals surface area contributed by atoms with Gasteiger partial charge in [0.2, 0.25) is 0 Å². The molecule has 31 heavy (non-hydrogen) atoms. The first-order valence-electron chi connectivity index (χ1n) is 10.4. The van der Waals surface area contributed by atoms with Gasteiger partial charge in [-0.15, -0.1) is 11.3 Å². The third-order valence-electron chi connectivity index (χ3n) is 5.83. The van der Waals surface area contributed by atoms with Crippen molar-refractivity contribution < 1.29 is 9.21 Å². The fourth-order valence-electron chi connectivity index (χ4n) is 4.13. The van der Waals surface area contributed by atoms with Crippen LogP contribution < -0.4 is 0 Å². The SMILES string of the molecule is Cc1ccc(-c2nc(C(=O)N3CCC(c4nc5cc(Cl)ccc5o4)CC3)cs2)c(C)c1. The molecule has 0 aliphatic carbocycles. The summed E-state index contributed by atoms with van der Waals surface area (Å²) >= 11 is 7.57. The van der Waals surface area contributed by atoms with E-state index in [1.807, 2.05) is 22.4 Å². The van der Waals surface area contributed by atoms with Gasteiger partial charge in [-0.1, -0.05) is 35.4 Å². The smallest absolute Gasteiger partial charge is 0.273 e. The zero-order valence-corrected chi connectivity index (χ0v) is 19.0. The standard InChI is InChI=1S/C24H22ClN3O2S/c1-14-3-5-18(15(2)11-14)23-27-20(13-31-23)24(29)28-9-7-16(8-10-28)22-26-19-12-17(25)4-6-21(19)30-22/h3-6,11-13,16H,7-10H2,1-2H3. The summed E-state index contributed by atoms with van der Waals surface area (Å²) in [7, 11) is 0. The molecular weight excluding hydrogens is 430 g/mol. The van der Waals surface area contributed by atoms with Gasteiger partial charge in [-0.2, -0.15) is 0 Å². The summed E-state index contributed by atoms with van der Waals surface area (Å²) in [5.74, 6) is 0.932. The highest BCUT2D eigenvalue weighted by Crippen LogP contribution is 2.32. The van der Waals surface area contributed by atoms with Crippen LogP contribution in [0.4, 0.5) is 0 Å². The molecule has 1 aliphatic rings. The van der Waals surface area contributed by atoms with E-state index in [4.69, 9.17) is 16.0 Å². The number of nitrogens with zero attached hydrogens (tertiary/aromatic N) is 3. The monoisotopic (exact) mass is 451 g/mol. The topological polar surface area (TPSA) is 59.2 Å². The molecule has 7 heteroatoms. The average Bonchev–Trinajstić information content (AvgIpc) is 3.40. The third-order valence-corrected chi connectivity index (χ3v) is 6.94. The van der Waals surface area contributed by atoms with Crippen molar-refractivity contribution in [3.05, 3.63) is 69.5 Å². The largest absolute Gasteiger partial charge is 0.440 e. The molecular formula is C24H22ClN3O2S. The van der Waals surface area contributed by atoms with Gasteiger partial charge in [0.15, 0.2) is 11.5 Å². The highest BCUT2D eigenvalue weighted by molar-refractivity contribution is 7.13. The lowest BCUT2D eigenvalue weighted by molar-refractivity contribution is 0.0701. The van der Waals surface area contributed by atoms with Crippen molar-refractivity contribution in [2.45, 2.75) is 32.6 Å². The number of fused-ring (bicyclic) bond motifs is 1. The number of rotatable bonds is 3. The summed E-state index contributed by atoms with van der Waals surface area (Å²) in [6, 6.07) is 11.8. The number of aromatic nitrogens is 2. The average molecular weight is 452 g/mol. The third kappa shape index (κ3) is 3.98. The molecule has 3 heterocycles. The highest BCUT2D eigenvalue weighted by atomic mass is 35.5. The Balaban J connectivity index is 1.27. The molecule has 0 bridgehead atoms. The number of hydrogen-bond donors (Lipinski definition) is 0. The number of aryl methyl sites for hydroxylation is 2. The number of amides is 1. The van der Waals surface area contributed by atoms with Gasteiger partial charge in [0.05, 0.1) is 0 Å². The van der Waals surface area contributed by atoms with Crippen molar-refractivity contribution in [3.63, 3.8) is 0 Å². The van der Waals surface area contributed by atoms with Crippen molar-refractivity contribution in [3.8, 4) is 10.6 Å². The Hall–Kier alpha value is -2.70. The summed E-state index contributed by atoms with van der Waals surface area (Å²) in [4.78, 5) is 24.2. The van der Waals surface area contributed by atoms with Gasteiger partial charge in [0, 0.05) is 35.0 Å². The van der Waals surface area contributed by atoms with Crippen LogP contribution in [-0.2, 0) is 0 Å². The van der Waals surface area contributed by atoms with E-state index in [9.17, 15) is 4.79 Å². The highest BCUT2D eigenvalue weighted by Gasteiger charge is 2.28. The zero-order valence-electron chi connectivity index (χ0n) is 17.4. The van der Waals surface area contributed by atoms with E-state index in [-0.39, 0.29) is 11.8 Å². The van der Waals surface area contributed by atoms with Gasteiger partial charge in [0.1, 0.15) is 16.2 Å². The molecule has 1 saturated heterocycles. The van der Waals surface area contributed by atoms with Gasteiger partial charge >= 0.3 is 0 Å². The molecule has 0 spiro atoms. The fraction of sp³-hybridized carbons (Fsp3) is 0.292. The van der Waals surface area contributed by atoms with Crippen LogP contribution in [0.2, 0.25) is 5.02 Å². The first-order chi connectivity index (χ1) is 15.0. The maximum absolute atomic E-state index is 13.0. The van der Waals surface area contributed by atoms with Gasteiger partial charge in [0.25, 0.3) is 5.91 Å². The number of oxazole rings is 1. The first-order valence-corrected chi connectivity index (χ1v) is 11.6. The molecule has 0 atom stereocenters. The quantitative estimate of drug-likeness (QED) is 0.370. The maximum Gasteiger partial charge on any atom is 0.273 e. The molecule has 1 amide bonds. The molecule has 4 aromatic rings. The molecule has 5 nitrogen and oxygen atoms in total. The van der Waals surface area contributed by atoms with Crippen molar-refractivity contribution in [1.29, 1.82) is 0 Å². The van der Waals surface area contributed by atoms with Crippen molar-refractivity contribution in [2.24, 2.45) is 0 Å². The van der Waals surface area contributed by atoms with E-state index in [1.165, 1.54) is 22.5 Å². The van der Waals surface area contributed by atoms with E-state index in [2.05, 4.69) is 42.0 Å². The van der Waals surface area contributed by atoms with E-state index in [0.29, 0.717) is 23.8 Å². The van der Waals surface area contributed by atoms with Gasteiger partial charge in [-0.05, 0) is 50.5 Å². The van der Waals surface area contributed by atoms with Crippen LogP contribution in [0.15, 0.2) is 46.2 Å². The Morgan fingerprint density at radius 2 is 1.94 bits per heavy atom. The van der Waals surface area contributed by atoms with E-state index in [0.717, 1.165) is 40.4 Å². The number of halogens is 1. The number of carbonyl (C=O) groups is 1. The Morgan fingerprint density at radius 3 is 2.71 bits per heavy atom. The molecule has 1 fully saturated rings. The second-order valence-corrected chi connectivity index (χ2v) is 9.38. The van der Waals surface area contributed by atoms with E-state index < -0.39 is 0 Å². The zero-order chi connectivity index (χ0) is 21.5. The number of benzene rings is 2. The molecule has 0 radical (unpaired) electrons. The fourth-order valence-corrected chi connectivity index (χ4v) is 5.18. The predicted molar refractivity (Wildman–Crippen MR) is 124 cm³/mol. The Bertz CT molecular complexity index is 1270. The molecule has 1 aliphatic heterocycles. The van der Waals surface area contributed by atoms with Crippen molar-refractivity contribution in [2.75, 3.05) is 13.1 Å². The lowest BCUT2D eigenvalue weighted by atomic mass is 9.96. The van der Waals surface area contributed by atoms with Crippen LogP contribution in [-0.4, -0.2) is 33.9 Å². The molecule has 158 valence electrons. The first kappa shape index (κ1) is 20.2. The lowest BCUT2D eigenvalue weighted by Gasteiger charge is -2.30. The Kier molecular flexibility index (Phi) is 5.28. The minimum absolute atomic E-state index is 0.00457. The maximum atomic E-state index is 13.0. The molecule has 2 aromatic carbocycles. The van der Waals surface area contributed by atoms with E-state index >= 15 is 0 Å². The van der Waals surface area contributed by atoms with Gasteiger partial charge in [-0.3, -0.25) is 4.79 Å². The van der Waals surface area contributed by atoms with Crippen LogP contribution >= 0.6 is 22.9 Å². The second-order valence-electron chi connectivity index (χ2n) is 8.09. The molecule has 0 saturated carbocycles. The van der Waals surface area contributed by atoms with Crippen molar-refractivity contribution >= 4 is 39.9 Å². The van der Waals surface area contributed by atoms with Crippen LogP contribution in [0.5, 0.6) is 0 Å². The summed E-state index contributed by atoms with van der Waals surface area (Å²) in [6.07, 6.45) is 1.64. The summed E-state index contributed by atoms with van der Waals surface area (Å²) in [5.41, 5.74) is 5.54. The molecule has 2 aromatic heterocycles. The van der Waals surface area contributed by atoms with Gasteiger partial charge in [-0.25, -0.2) is 9.97 Å².